The molecule has 3 heterocycles. The number of benzene rings is 1. The predicted octanol–water partition coefficient (Wildman–Crippen LogP) is 1.25. The highest BCUT2D eigenvalue weighted by molar-refractivity contribution is 5.96. The molecule has 4 rings (SSSR count). The number of aryl methyl sites for hydroxylation is 1. The van der Waals surface area contributed by atoms with E-state index in [0.717, 1.165) is 0 Å². The minimum atomic E-state index is -0.587. The van der Waals surface area contributed by atoms with Gasteiger partial charge in [-0.15, -0.1) is 0 Å². The Balaban J connectivity index is 1.48. The van der Waals surface area contributed by atoms with E-state index in [0.29, 0.717) is 37.3 Å². The van der Waals surface area contributed by atoms with Crippen molar-refractivity contribution in [2.75, 3.05) is 26.2 Å². The van der Waals surface area contributed by atoms with E-state index in [4.69, 9.17) is 0 Å². The highest BCUT2D eigenvalue weighted by Gasteiger charge is 2.41. The van der Waals surface area contributed by atoms with Gasteiger partial charge in [-0.2, -0.15) is 0 Å². The van der Waals surface area contributed by atoms with Gasteiger partial charge < -0.3 is 19.3 Å². The van der Waals surface area contributed by atoms with Crippen LogP contribution in [-0.2, 0) is 23.2 Å². The molecule has 1 unspecified atom stereocenters. The lowest BCUT2D eigenvalue weighted by Gasteiger charge is -2.39. The third kappa shape index (κ3) is 3.74. The van der Waals surface area contributed by atoms with Crippen molar-refractivity contribution in [2.24, 2.45) is 7.05 Å². The quantitative estimate of drug-likeness (QED) is 0.782. The van der Waals surface area contributed by atoms with Gasteiger partial charge in [0.15, 0.2) is 0 Å². The van der Waals surface area contributed by atoms with Crippen molar-refractivity contribution in [3.8, 4) is 0 Å². The van der Waals surface area contributed by atoms with Crippen molar-refractivity contribution < 1.29 is 18.8 Å². The van der Waals surface area contributed by atoms with Crippen molar-refractivity contribution in [3.63, 3.8) is 0 Å². The fraction of sp³-hybridized carbons (Fsp3) is 0.381. The molecule has 2 aliphatic rings. The van der Waals surface area contributed by atoms with E-state index in [9.17, 15) is 18.8 Å². The van der Waals surface area contributed by atoms with Gasteiger partial charge in [0.05, 0.1) is 0 Å². The molecule has 3 amide bonds. The van der Waals surface area contributed by atoms with E-state index >= 15 is 0 Å². The summed E-state index contributed by atoms with van der Waals surface area (Å²) in [7, 11) is 1.81. The lowest BCUT2D eigenvalue weighted by Crippen LogP contribution is -2.59. The average Bonchev–Trinajstić information content (AvgIpc) is 2.98. The number of carbonyl (C=O) groups excluding carboxylic acids is 3. The average molecular weight is 398 g/mol. The van der Waals surface area contributed by atoms with Crippen LogP contribution >= 0.6 is 0 Å². The smallest absolute Gasteiger partial charge is 0.270 e. The number of nitrogens with zero attached hydrogens (tertiary/aromatic N) is 4. The Hall–Kier alpha value is -3.16. The van der Waals surface area contributed by atoms with Crippen LogP contribution in [0.15, 0.2) is 42.6 Å². The summed E-state index contributed by atoms with van der Waals surface area (Å²) in [4.78, 5) is 43.3. The maximum atomic E-state index is 13.5. The lowest BCUT2D eigenvalue weighted by atomic mass is 10.1. The van der Waals surface area contributed by atoms with Gasteiger partial charge >= 0.3 is 0 Å². The Morgan fingerprint density at radius 2 is 1.97 bits per heavy atom. The molecule has 0 radical (unpaired) electrons. The molecular weight excluding hydrogens is 375 g/mol. The minimum absolute atomic E-state index is 0.0302. The topological polar surface area (TPSA) is 65.9 Å². The maximum absolute atomic E-state index is 13.5. The molecule has 1 aromatic heterocycles. The van der Waals surface area contributed by atoms with Gasteiger partial charge in [0.2, 0.25) is 11.8 Å². The lowest BCUT2D eigenvalue weighted by molar-refractivity contribution is -0.156. The Bertz CT molecular complexity index is 957. The first-order valence-electron chi connectivity index (χ1n) is 9.67. The Kier molecular flexibility index (Phi) is 5.08. The second-order valence-corrected chi connectivity index (χ2v) is 7.51. The zero-order valence-electron chi connectivity index (χ0n) is 16.3. The summed E-state index contributed by atoms with van der Waals surface area (Å²) in [5.74, 6) is -0.765. The summed E-state index contributed by atoms with van der Waals surface area (Å²) in [6.45, 7) is 1.29. The molecule has 0 bridgehead atoms. The fourth-order valence-electron chi connectivity index (χ4n) is 4.07. The standard InChI is InChI=1S/C21H23FN4O3/c1-23-8-3-6-17(23)20(28)24-9-7-18-21(29)25(14-19(27)26(18)11-10-24)13-15-4-2-5-16(22)12-15/h2-6,8,12,18H,7,9-11,13-14H2,1H3. The number of hydrogen-bond donors (Lipinski definition) is 0. The predicted molar refractivity (Wildman–Crippen MR) is 103 cm³/mol. The molecule has 7 nitrogen and oxygen atoms in total. The highest BCUT2D eigenvalue weighted by atomic mass is 19.1. The zero-order chi connectivity index (χ0) is 20.5. The number of piperazine rings is 1. The summed E-state index contributed by atoms with van der Waals surface area (Å²) in [5, 5.41) is 0. The number of fused-ring (bicyclic) bond motifs is 1. The summed E-state index contributed by atoms with van der Waals surface area (Å²) in [6, 6.07) is 9.03. The molecule has 0 N–H and O–H groups in total. The summed E-state index contributed by atoms with van der Waals surface area (Å²) < 4.78 is 15.2. The van der Waals surface area contributed by atoms with E-state index < -0.39 is 6.04 Å². The molecule has 2 aromatic rings. The molecule has 1 atom stereocenters. The first-order valence-corrected chi connectivity index (χ1v) is 9.67. The molecule has 8 heteroatoms. The second kappa shape index (κ2) is 7.69. The molecule has 0 aliphatic carbocycles. The van der Waals surface area contributed by atoms with E-state index in [1.165, 1.54) is 17.0 Å². The van der Waals surface area contributed by atoms with Gasteiger partial charge in [0.25, 0.3) is 5.91 Å². The van der Waals surface area contributed by atoms with Crippen LogP contribution in [0.3, 0.4) is 0 Å². The van der Waals surface area contributed by atoms with E-state index in [1.54, 1.807) is 32.6 Å². The van der Waals surface area contributed by atoms with Crippen molar-refractivity contribution in [3.05, 3.63) is 59.7 Å². The minimum Gasteiger partial charge on any atom is -0.347 e. The molecule has 2 saturated heterocycles. The van der Waals surface area contributed by atoms with Crippen molar-refractivity contribution in [2.45, 2.75) is 19.0 Å². The first kappa shape index (κ1) is 19.2. The van der Waals surface area contributed by atoms with Crippen LogP contribution in [0.2, 0.25) is 0 Å². The van der Waals surface area contributed by atoms with Crippen LogP contribution < -0.4 is 0 Å². The molecule has 0 spiro atoms. The zero-order valence-corrected chi connectivity index (χ0v) is 16.3. The number of hydrogen-bond acceptors (Lipinski definition) is 3. The highest BCUT2D eigenvalue weighted by Crippen LogP contribution is 2.22. The van der Waals surface area contributed by atoms with Gasteiger partial charge in [-0.1, -0.05) is 12.1 Å². The van der Waals surface area contributed by atoms with Gasteiger partial charge in [0.1, 0.15) is 24.1 Å². The van der Waals surface area contributed by atoms with Crippen LogP contribution in [0.1, 0.15) is 22.5 Å². The third-order valence-corrected chi connectivity index (χ3v) is 5.62. The van der Waals surface area contributed by atoms with Crippen LogP contribution in [-0.4, -0.2) is 69.2 Å². The Labute approximate surface area is 168 Å². The van der Waals surface area contributed by atoms with Crippen molar-refractivity contribution in [1.29, 1.82) is 0 Å². The SMILES string of the molecule is Cn1cccc1C(=O)N1CCC2C(=O)N(Cc3cccc(F)c3)CC(=O)N2CC1. The normalized spacial score (nSPS) is 19.9. The van der Waals surface area contributed by atoms with Gasteiger partial charge in [-0.3, -0.25) is 14.4 Å². The molecule has 2 aliphatic heterocycles. The fourth-order valence-corrected chi connectivity index (χ4v) is 4.07. The van der Waals surface area contributed by atoms with Gasteiger partial charge in [-0.05, 0) is 36.2 Å². The maximum Gasteiger partial charge on any atom is 0.270 e. The second-order valence-electron chi connectivity index (χ2n) is 7.51. The largest absolute Gasteiger partial charge is 0.347 e. The molecule has 1 aromatic carbocycles. The van der Waals surface area contributed by atoms with Gasteiger partial charge in [-0.25, -0.2) is 4.39 Å². The van der Waals surface area contributed by atoms with Crippen LogP contribution in [0.4, 0.5) is 4.39 Å². The van der Waals surface area contributed by atoms with Gasteiger partial charge in [0, 0.05) is 39.4 Å². The van der Waals surface area contributed by atoms with Crippen molar-refractivity contribution >= 4 is 17.7 Å². The first-order chi connectivity index (χ1) is 13.9. The number of carbonyl (C=O) groups is 3. The third-order valence-electron chi connectivity index (χ3n) is 5.62. The number of halogens is 1. The summed E-state index contributed by atoms with van der Waals surface area (Å²) in [5.41, 5.74) is 1.23. The molecule has 0 saturated carbocycles. The van der Waals surface area contributed by atoms with Crippen LogP contribution in [0.25, 0.3) is 0 Å². The molecule has 152 valence electrons. The van der Waals surface area contributed by atoms with Crippen LogP contribution in [0, 0.1) is 5.82 Å². The van der Waals surface area contributed by atoms with E-state index in [2.05, 4.69) is 0 Å². The number of amides is 3. The molecule has 2 fully saturated rings. The van der Waals surface area contributed by atoms with Crippen molar-refractivity contribution in [1.82, 2.24) is 19.3 Å². The molecular formula is C21H23FN4O3. The summed E-state index contributed by atoms with van der Waals surface area (Å²) >= 11 is 0. The Morgan fingerprint density at radius 3 is 2.69 bits per heavy atom. The Morgan fingerprint density at radius 1 is 1.14 bits per heavy atom. The molecule has 29 heavy (non-hydrogen) atoms. The van der Waals surface area contributed by atoms with E-state index in [-0.39, 0.29) is 36.6 Å². The number of rotatable bonds is 3. The van der Waals surface area contributed by atoms with E-state index in [1.807, 2.05) is 19.3 Å². The number of aromatic nitrogens is 1. The monoisotopic (exact) mass is 398 g/mol. The van der Waals surface area contributed by atoms with Crippen LogP contribution in [0.5, 0.6) is 0 Å². The summed E-state index contributed by atoms with van der Waals surface area (Å²) in [6.07, 6.45) is 2.20.